The molecule has 8 heteroatoms. The van der Waals surface area contributed by atoms with E-state index in [1.165, 1.54) is 12.4 Å². The van der Waals surface area contributed by atoms with Crippen LogP contribution >= 0.6 is 34.8 Å². The zero-order valence-electron chi connectivity index (χ0n) is 6.45. The van der Waals surface area contributed by atoms with E-state index in [0.29, 0.717) is 0 Å². The van der Waals surface area contributed by atoms with Gasteiger partial charge in [0.25, 0.3) is 0 Å². The number of rotatable bonds is 2. The highest BCUT2D eigenvalue weighted by molar-refractivity contribution is 6.59. The van der Waals surface area contributed by atoms with Gasteiger partial charge in [0.15, 0.2) is 5.03 Å². The largest absolute Gasteiger partial charge is 0.334 e. The molecule has 0 atom stereocenters. The van der Waals surface area contributed by atoms with Crippen molar-refractivity contribution in [1.29, 1.82) is 0 Å². The van der Waals surface area contributed by atoms with Gasteiger partial charge in [-0.05, 0) is 0 Å². The molecule has 1 rings (SSSR count). The van der Waals surface area contributed by atoms with Gasteiger partial charge >= 0.3 is 5.70 Å². The second-order valence-electron chi connectivity index (χ2n) is 2.06. The van der Waals surface area contributed by atoms with Crippen molar-refractivity contribution in [3.05, 3.63) is 31.2 Å². The highest BCUT2D eigenvalue weighted by atomic mass is 35.5. The van der Waals surface area contributed by atoms with E-state index in [1.54, 1.807) is 0 Å². The summed E-state index contributed by atoms with van der Waals surface area (Å²) in [7, 11) is 0. The summed E-state index contributed by atoms with van der Waals surface area (Å²) in [5.74, 6) is -0.126. The quantitative estimate of drug-likeness (QED) is 0.561. The predicted molar refractivity (Wildman–Crippen MR) is 55.6 cm³/mol. The zero-order valence-corrected chi connectivity index (χ0v) is 8.71. The smallest absolute Gasteiger partial charge is 0.258 e. The van der Waals surface area contributed by atoms with Crippen molar-refractivity contribution in [3.63, 3.8) is 0 Å². The number of hydrogen-bond acceptors (Lipinski definition) is 4. The van der Waals surface area contributed by atoms with Gasteiger partial charge in [0, 0.05) is 12.4 Å². The fourth-order valence-corrected chi connectivity index (χ4v) is 1.05. The van der Waals surface area contributed by atoms with Crippen molar-refractivity contribution in [1.82, 2.24) is 0 Å². The SMILES string of the molecule is O=[N+]([O-])C(=C1N=CC=N1)C(Cl)=C(Cl)Cl. The van der Waals surface area contributed by atoms with Gasteiger partial charge in [0.05, 0.1) is 4.92 Å². The number of aliphatic imine (C=N–C) groups is 2. The molecule has 1 aliphatic heterocycles. The molecule has 0 aromatic rings. The maximum absolute atomic E-state index is 10.6. The van der Waals surface area contributed by atoms with Gasteiger partial charge in [-0.2, -0.15) is 0 Å². The topological polar surface area (TPSA) is 67.9 Å². The fraction of sp³-hybridized carbons (Fsp3) is 0. The van der Waals surface area contributed by atoms with Crippen molar-refractivity contribution in [2.45, 2.75) is 0 Å². The molecular weight excluding hydrogens is 252 g/mol. The third-order valence-electron chi connectivity index (χ3n) is 1.23. The maximum atomic E-state index is 10.6. The molecule has 0 aliphatic carbocycles. The first-order chi connectivity index (χ1) is 6.54. The Morgan fingerprint density at radius 2 is 1.79 bits per heavy atom. The Bertz CT molecular complexity index is 379. The minimum absolute atomic E-state index is 0.126. The number of nitro groups is 1. The minimum Gasteiger partial charge on any atom is -0.258 e. The average molecular weight is 254 g/mol. The molecule has 0 amide bonds. The van der Waals surface area contributed by atoms with E-state index in [-0.39, 0.29) is 10.9 Å². The van der Waals surface area contributed by atoms with Crippen LogP contribution in [-0.2, 0) is 0 Å². The zero-order chi connectivity index (χ0) is 10.7. The summed E-state index contributed by atoms with van der Waals surface area (Å²) in [5, 5.41) is 10.2. The molecule has 0 aromatic carbocycles. The minimum atomic E-state index is -0.748. The monoisotopic (exact) mass is 253 g/mol. The van der Waals surface area contributed by atoms with Crippen LogP contribution in [0.4, 0.5) is 0 Å². The first-order valence-electron chi connectivity index (χ1n) is 3.20. The third kappa shape index (κ3) is 2.31. The summed E-state index contributed by atoms with van der Waals surface area (Å²) in [6.07, 6.45) is 2.59. The Morgan fingerprint density at radius 3 is 2.14 bits per heavy atom. The Labute approximate surface area is 93.5 Å². The van der Waals surface area contributed by atoms with Crippen LogP contribution in [-0.4, -0.2) is 17.4 Å². The molecule has 74 valence electrons. The van der Waals surface area contributed by atoms with Gasteiger partial charge < -0.3 is 0 Å². The fourth-order valence-electron chi connectivity index (χ4n) is 0.713. The molecular formula is C6H2Cl3N3O2. The molecule has 0 N–H and O–H groups in total. The van der Waals surface area contributed by atoms with Crippen LogP contribution in [0.15, 0.2) is 31.0 Å². The predicted octanol–water partition coefficient (Wildman–Crippen LogP) is 2.47. The van der Waals surface area contributed by atoms with Crippen molar-refractivity contribution >= 4 is 47.2 Å². The lowest BCUT2D eigenvalue weighted by molar-refractivity contribution is -0.421. The standard InChI is InChI=1S/C6H2Cl3N3O2/c7-3(5(8)9)4(12(13)14)6-10-1-2-11-6/h1-2H. The maximum Gasteiger partial charge on any atom is 0.334 e. The highest BCUT2D eigenvalue weighted by Crippen LogP contribution is 2.28. The first kappa shape index (κ1) is 11.2. The van der Waals surface area contributed by atoms with Crippen molar-refractivity contribution in [2.75, 3.05) is 0 Å². The molecule has 5 nitrogen and oxygen atoms in total. The van der Waals surface area contributed by atoms with Gasteiger partial charge in [0.2, 0.25) is 5.82 Å². The van der Waals surface area contributed by atoms with Crippen LogP contribution < -0.4 is 0 Å². The Balaban J connectivity index is 3.29. The average Bonchev–Trinajstić information content (AvgIpc) is 2.56. The van der Waals surface area contributed by atoms with Gasteiger partial charge in [-0.25, -0.2) is 9.98 Å². The van der Waals surface area contributed by atoms with Gasteiger partial charge in [0.1, 0.15) is 4.49 Å². The summed E-state index contributed by atoms with van der Waals surface area (Å²) in [6.45, 7) is 0. The number of nitrogens with zero attached hydrogens (tertiary/aromatic N) is 3. The van der Waals surface area contributed by atoms with E-state index >= 15 is 0 Å². The van der Waals surface area contributed by atoms with E-state index in [4.69, 9.17) is 34.8 Å². The second-order valence-corrected chi connectivity index (χ2v) is 3.39. The summed E-state index contributed by atoms with van der Waals surface area (Å²) in [6, 6.07) is 0. The van der Waals surface area contributed by atoms with E-state index in [1.807, 2.05) is 0 Å². The van der Waals surface area contributed by atoms with Crippen LogP contribution in [0.2, 0.25) is 0 Å². The molecule has 0 bridgehead atoms. The summed E-state index contributed by atoms with van der Waals surface area (Å²) in [5.41, 5.74) is -0.517. The molecule has 0 saturated heterocycles. The van der Waals surface area contributed by atoms with Gasteiger partial charge in [-0.15, -0.1) is 0 Å². The summed E-state index contributed by atoms with van der Waals surface area (Å²) >= 11 is 16.2. The molecule has 1 aliphatic rings. The molecule has 0 radical (unpaired) electrons. The number of hydrogen-bond donors (Lipinski definition) is 0. The van der Waals surface area contributed by atoms with Crippen molar-refractivity contribution in [3.8, 4) is 0 Å². The van der Waals surface area contributed by atoms with Gasteiger partial charge in [-0.3, -0.25) is 10.1 Å². The molecule has 0 fully saturated rings. The Kier molecular flexibility index (Phi) is 3.62. The Hall–Kier alpha value is -0.910. The van der Waals surface area contributed by atoms with Crippen molar-refractivity contribution in [2.24, 2.45) is 9.98 Å². The van der Waals surface area contributed by atoms with Crippen LogP contribution in [0.5, 0.6) is 0 Å². The first-order valence-corrected chi connectivity index (χ1v) is 4.34. The molecule has 14 heavy (non-hydrogen) atoms. The molecule has 0 saturated carbocycles. The highest BCUT2D eigenvalue weighted by Gasteiger charge is 2.25. The van der Waals surface area contributed by atoms with E-state index in [0.717, 1.165) is 0 Å². The van der Waals surface area contributed by atoms with Crippen LogP contribution in [0.1, 0.15) is 0 Å². The molecule has 1 heterocycles. The summed E-state index contributed by atoms with van der Waals surface area (Å²) < 4.78 is -0.400. The number of allylic oxidation sites excluding steroid dienone is 1. The third-order valence-corrected chi connectivity index (χ3v) is 2.17. The van der Waals surface area contributed by atoms with E-state index in [2.05, 4.69) is 9.98 Å². The summed E-state index contributed by atoms with van der Waals surface area (Å²) in [4.78, 5) is 17.1. The number of halogens is 3. The van der Waals surface area contributed by atoms with Crippen molar-refractivity contribution < 1.29 is 4.92 Å². The van der Waals surface area contributed by atoms with Crippen LogP contribution in [0.25, 0.3) is 0 Å². The molecule has 0 spiro atoms. The molecule has 0 unspecified atom stereocenters. The Morgan fingerprint density at radius 1 is 1.29 bits per heavy atom. The lowest BCUT2D eigenvalue weighted by Gasteiger charge is -1.97. The van der Waals surface area contributed by atoms with Gasteiger partial charge in [-0.1, -0.05) is 34.8 Å². The lowest BCUT2D eigenvalue weighted by Crippen LogP contribution is -2.01. The van der Waals surface area contributed by atoms with Crippen LogP contribution in [0, 0.1) is 10.1 Å². The van der Waals surface area contributed by atoms with E-state index < -0.39 is 15.1 Å². The molecule has 0 aromatic heterocycles. The second kappa shape index (κ2) is 4.54. The van der Waals surface area contributed by atoms with Crippen LogP contribution in [0.3, 0.4) is 0 Å². The lowest BCUT2D eigenvalue weighted by atomic mass is 10.4. The van der Waals surface area contributed by atoms with E-state index in [9.17, 15) is 10.1 Å². The normalized spacial score (nSPS) is 13.2.